The van der Waals surface area contributed by atoms with E-state index in [4.69, 9.17) is 34.8 Å². The van der Waals surface area contributed by atoms with Gasteiger partial charge in [0.25, 0.3) is 0 Å². The van der Waals surface area contributed by atoms with Crippen LogP contribution in [0.4, 0.5) is 4.39 Å². The Morgan fingerprint density at radius 2 is 1.76 bits per heavy atom. The van der Waals surface area contributed by atoms with Crippen molar-refractivity contribution in [1.29, 1.82) is 0 Å². The molecular formula is C16H15Cl3FN. The summed E-state index contributed by atoms with van der Waals surface area (Å²) < 4.78 is 14.1. The summed E-state index contributed by atoms with van der Waals surface area (Å²) in [5.41, 5.74) is 1.36. The number of hydrogen-bond donors (Lipinski definition) is 1. The predicted molar refractivity (Wildman–Crippen MR) is 88.0 cm³/mol. The lowest BCUT2D eigenvalue weighted by Crippen LogP contribution is -2.24. The molecular weight excluding hydrogens is 332 g/mol. The molecule has 1 nitrogen and oxygen atoms in total. The summed E-state index contributed by atoms with van der Waals surface area (Å²) in [4.78, 5) is 0. The van der Waals surface area contributed by atoms with Crippen LogP contribution in [0.3, 0.4) is 0 Å². The zero-order chi connectivity index (χ0) is 15.4. The van der Waals surface area contributed by atoms with E-state index in [1.165, 1.54) is 6.07 Å². The van der Waals surface area contributed by atoms with Gasteiger partial charge in [0.05, 0.1) is 0 Å². The molecule has 2 rings (SSSR count). The van der Waals surface area contributed by atoms with E-state index in [0.29, 0.717) is 33.6 Å². The van der Waals surface area contributed by atoms with Crippen LogP contribution >= 0.6 is 34.8 Å². The monoisotopic (exact) mass is 345 g/mol. The average molecular weight is 347 g/mol. The van der Waals surface area contributed by atoms with Crippen LogP contribution < -0.4 is 5.32 Å². The van der Waals surface area contributed by atoms with E-state index in [-0.39, 0.29) is 11.9 Å². The molecule has 21 heavy (non-hydrogen) atoms. The zero-order valence-corrected chi connectivity index (χ0v) is 13.7. The van der Waals surface area contributed by atoms with Crippen molar-refractivity contribution < 1.29 is 4.39 Å². The van der Waals surface area contributed by atoms with Crippen LogP contribution in [0.1, 0.15) is 24.1 Å². The van der Waals surface area contributed by atoms with Gasteiger partial charge in [-0.3, -0.25) is 0 Å². The Balaban J connectivity index is 2.35. The first-order valence-electron chi connectivity index (χ1n) is 6.64. The number of hydrogen-bond acceptors (Lipinski definition) is 1. The highest BCUT2D eigenvalue weighted by molar-refractivity contribution is 6.36. The van der Waals surface area contributed by atoms with E-state index in [2.05, 4.69) is 5.32 Å². The van der Waals surface area contributed by atoms with Gasteiger partial charge in [-0.1, -0.05) is 53.9 Å². The second-order valence-corrected chi connectivity index (χ2v) is 5.93. The summed E-state index contributed by atoms with van der Waals surface area (Å²) in [6.45, 7) is 2.67. The van der Waals surface area contributed by atoms with E-state index in [1.54, 1.807) is 30.3 Å². The van der Waals surface area contributed by atoms with Crippen LogP contribution in [0.5, 0.6) is 0 Å². The number of nitrogens with one attached hydrogen (secondary N) is 1. The Morgan fingerprint density at radius 1 is 1.10 bits per heavy atom. The molecule has 0 saturated carbocycles. The van der Waals surface area contributed by atoms with E-state index >= 15 is 0 Å². The minimum absolute atomic E-state index is 0.218. The third-order valence-corrected chi connectivity index (χ3v) is 4.20. The van der Waals surface area contributed by atoms with Crippen LogP contribution in [0, 0.1) is 5.82 Å². The Bertz CT molecular complexity index is 611. The van der Waals surface area contributed by atoms with Gasteiger partial charge in [0, 0.05) is 26.7 Å². The maximum absolute atomic E-state index is 14.1. The van der Waals surface area contributed by atoms with Gasteiger partial charge < -0.3 is 5.32 Å². The molecule has 5 heteroatoms. The molecule has 0 fully saturated rings. The van der Waals surface area contributed by atoms with Crippen molar-refractivity contribution in [3.05, 3.63) is 68.4 Å². The highest BCUT2D eigenvalue weighted by Crippen LogP contribution is 2.30. The molecule has 2 aromatic rings. The lowest BCUT2D eigenvalue weighted by molar-refractivity contribution is 0.510. The predicted octanol–water partition coefficient (Wildman–Crippen LogP) is 5.68. The Hall–Kier alpha value is -0.800. The maximum atomic E-state index is 14.1. The van der Waals surface area contributed by atoms with Gasteiger partial charge in [-0.05, 0) is 42.8 Å². The summed E-state index contributed by atoms with van der Waals surface area (Å²) in [7, 11) is 0. The summed E-state index contributed by atoms with van der Waals surface area (Å²) in [6.07, 6.45) is 0.505. The zero-order valence-electron chi connectivity index (χ0n) is 11.5. The fraction of sp³-hybridized carbons (Fsp3) is 0.250. The first kappa shape index (κ1) is 16.6. The van der Waals surface area contributed by atoms with Gasteiger partial charge in [0.15, 0.2) is 0 Å². The highest BCUT2D eigenvalue weighted by Gasteiger charge is 2.18. The van der Waals surface area contributed by atoms with Gasteiger partial charge in [-0.15, -0.1) is 0 Å². The Morgan fingerprint density at radius 3 is 2.33 bits per heavy atom. The quantitative estimate of drug-likeness (QED) is 0.734. The molecule has 0 heterocycles. The number of halogens is 4. The molecule has 1 unspecified atom stereocenters. The molecule has 0 aromatic heterocycles. The summed E-state index contributed by atoms with van der Waals surface area (Å²) in [5, 5.41) is 4.81. The maximum Gasteiger partial charge on any atom is 0.129 e. The van der Waals surface area contributed by atoms with Crippen molar-refractivity contribution in [2.45, 2.75) is 19.4 Å². The molecule has 112 valence electrons. The van der Waals surface area contributed by atoms with Crippen molar-refractivity contribution in [3.8, 4) is 0 Å². The molecule has 0 spiro atoms. The molecule has 0 aliphatic heterocycles. The topological polar surface area (TPSA) is 12.0 Å². The molecule has 0 bridgehead atoms. The van der Waals surface area contributed by atoms with E-state index in [1.807, 2.05) is 6.92 Å². The number of likely N-dealkylation sites (N-methyl/N-ethyl adjacent to an activating group) is 1. The molecule has 1 N–H and O–H groups in total. The second kappa shape index (κ2) is 7.46. The fourth-order valence-corrected chi connectivity index (χ4v) is 2.96. The minimum atomic E-state index is -0.336. The van der Waals surface area contributed by atoms with Gasteiger partial charge in [0.2, 0.25) is 0 Å². The number of rotatable bonds is 5. The van der Waals surface area contributed by atoms with E-state index in [0.717, 1.165) is 5.56 Å². The SMILES string of the molecule is CCNC(Cc1c(Cl)cccc1Cl)c1ccc(Cl)cc1F. The Kier molecular flexibility index (Phi) is 5.88. The van der Waals surface area contributed by atoms with Gasteiger partial charge in [0.1, 0.15) is 5.82 Å². The van der Waals surface area contributed by atoms with Gasteiger partial charge >= 0.3 is 0 Å². The molecule has 0 aliphatic carbocycles. The average Bonchev–Trinajstić information content (AvgIpc) is 2.42. The van der Waals surface area contributed by atoms with Gasteiger partial charge in [-0.25, -0.2) is 4.39 Å². The standard InChI is InChI=1S/C16H15Cl3FN/c1-2-21-16(11-7-6-10(17)8-15(11)20)9-12-13(18)4-3-5-14(12)19/h3-8,16,21H,2,9H2,1H3. The third kappa shape index (κ3) is 4.10. The second-order valence-electron chi connectivity index (χ2n) is 4.68. The first-order valence-corrected chi connectivity index (χ1v) is 7.77. The van der Waals surface area contributed by atoms with Crippen molar-refractivity contribution in [2.24, 2.45) is 0 Å². The van der Waals surface area contributed by atoms with Crippen LogP contribution in [-0.2, 0) is 6.42 Å². The van der Waals surface area contributed by atoms with Gasteiger partial charge in [-0.2, -0.15) is 0 Å². The summed E-state index contributed by atoms with van der Waals surface area (Å²) in [6, 6.07) is 9.82. The van der Waals surface area contributed by atoms with Crippen molar-refractivity contribution in [1.82, 2.24) is 5.32 Å². The highest BCUT2D eigenvalue weighted by atomic mass is 35.5. The molecule has 0 aliphatic rings. The largest absolute Gasteiger partial charge is 0.310 e. The molecule has 1 atom stereocenters. The summed E-state index contributed by atoms with van der Waals surface area (Å²) >= 11 is 18.2. The first-order chi connectivity index (χ1) is 10.0. The molecule has 0 amide bonds. The lowest BCUT2D eigenvalue weighted by atomic mass is 9.98. The van der Waals surface area contributed by atoms with Crippen LogP contribution in [0.15, 0.2) is 36.4 Å². The minimum Gasteiger partial charge on any atom is -0.310 e. The van der Waals surface area contributed by atoms with Crippen molar-refractivity contribution in [3.63, 3.8) is 0 Å². The summed E-state index contributed by atoms with van der Waals surface area (Å²) in [5.74, 6) is -0.336. The van der Waals surface area contributed by atoms with Crippen molar-refractivity contribution >= 4 is 34.8 Å². The van der Waals surface area contributed by atoms with Crippen molar-refractivity contribution in [2.75, 3.05) is 6.54 Å². The third-order valence-electron chi connectivity index (χ3n) is 3.26. The van der Waals surface area contributed by atoms with Crippen LogP contribution in [-0.4, -0.2) is 6.54 Å². The van der Waals surface area contributed by atoms with E-state index in [9.17, 15) is 4.39 Å². The number of benzene rings is 2. The van der Waals surface area contributed by atoms with Crippen LogP contribution in [0.2, 0.25) is 15.1 Å². The smallest absolute Gasteiger partial charge is 0.129 e. The molecule has 2 aromatic carbocycles. The normalized spacial score (nSPS) is 12.4. The Labute approximate surface area is 139 Å². The fourth-order valence-electron chi connectivity index (χ4n) is 2.25. The molecule has 0 radical (unpaired) electrons. The van der Waals surface area contributed by atoms with Crippen LogP contribution in [0.25, 0.3) is 0 Å². The van der Waals surface area contributed by atoms with E-state index < -0.39 is 0 Å². The molecule has 0 saturated heterocycles. The lowest BCUT2D eigenvalue weighted by Gasteiger charge is -2.20.